The van der Waals surface area contributed by atoms with Gasteiger partial charge in [-0.1, -0.05) is 13.0 Å². The molecule has 6 nitrogen and oxygen atoms in total. The lowest BCUT2D eigenvalue weighted by Gasteiger charge is -2.20. The van der Waals surface area contributed by atoms with Crippen LogP contribution in [0.15, 0.2) is 18.2 Å². The monoisotopic (exact) mass is 301 g/mol. The summed E-state index contributed by atoms with van der Waals surface area (Å²) in [4.78, 5) is 23.6. The molecule has 0 unspecified atom stereocenters. The van der Waals surface area contributed by atoms with Crippen LogP contribution >= 0.6 is 0 Å². The predicted octanol–water partition coefficient (Wildman–Crippen LogP) is 2.05. The van der Waals surface area contributed by atoms with Crippen molar-refractivity contribution in [3.63, 3.8) is 0 Å². The molecule has 6 heteroatoms. The Morgan fingerprint density at radius 1 is 1.32 bits per heavy atom. The third-order valence-electron chi connectivity index (χ3n) is 4.14. The van der Waals surface area contributed by atoms with E-state index in [1.165, 1.54) is 13.0 Å². The first-order chi connectivity index (χ1) is 10.8. The smallest absolute Gasteiger partial charge is 0.211 e. The highest BCUT2D eigenvalue weighted by atomic mass is 16.1. The van der Waals surface area contributed by atoms with Crippen molar-refractivity contribution in [1.82, 2.24) is 14.9 Å². The molecule has 1 aliphatic rings. The number of nitrogens with zero attached hydrogens (tertiary/aromatic N) is 3. The van der Waals surface area contributed by atoms with Crippen LogP contribution in [0.2, 0.25) is 0 Å². The van der Waals surface area contributed by atoms with E-state index in [0.717, 1.165) is 55.3 Å². The van der Waals surface area contributed by atoms with E-state index in [0.29, 0.717) is 6.41 Å². The number of H-pyrrole nitrogens is 1. The summed E-state index contributed by atoms with van der Waals surface area (Å²) in [5.41, 5.74) is 2.52. The Morgan fingerprint density at radius 2 is 2.23 bits per heavy atom. The number of fused-ring (bicyclic) bond motifs is 1. The minimum absolute atomic E-state index is 0.692. The third-order valence-corrected chi connectivity index (χ3v) is 4.14. The first-order valence-corrected chi connectivity index (χ1v) is 7.98. The van der Waals surface area contributed by atoms with Crippen molar-refractivity contribution in [3.8, 4) is 0 Å². The molecule has 22 heavy (non-hydrogen) atoms. The molecule has 0 saturated carbocycles. The molecule has 1 aromatic carbocycles. The number of aromatic amines is 1. The summed E-state index contributed by atoms with van der Waals surface area (Å²) in [7, 11) is 0. The zero-order valence-electron chi connectivity index (χ0n) is 13.0. The molecule has 2 aromatic rings. The Hall–Kier alpha value is -2.08. The minimum atomic E-state index is 0.692. The van der Waals surface area contributed by atoms with Crippen molar-refractivity contribution in [1.29, 1.82) is 0 Å². The van der Waals surface area contributed by atoms with Crippen molar-refractivity contribution in [2.45, 2.75) is 19.8 Å². The van der Waals surface area contributed by atoms with Gasteiger partial charge in [0.1, 0.15) is 5.52 Å². The molecule has 3 rings (SSSR count). The van der Waals surface area contributed by atoms with E-state index in [1.807, 2.05) is 18.2 Å². The van der Waals surface area contributed by atoms with E-state index < -0.39 is 0 Å². The van der Waals surface area contributed by atoms with Crippen molar-refractivity contribution in [2.24, 2.45) is 0 Å². The van der Waals surface area contributed by atoms with Crippen molar-refractivity contribution in [2.75, 3.05) is 42.9 Å². The molecule has 2 heterocycles. The number of benzene rings is 1. The summed E-state index contributed by atoms with van der Waals surface area (Å²) in [6.07, 6.45) is 3.04. The van der Waals surface area contributed by atoms with Crippen molar-refractivity contribution in [3.05, 3.63) is 18.2 Å². The molecule has 0 bridgehead atoms. The molecule has 1 aromatic heterocycles. The highest BCUT2D eigenvalue weighted by molar-refractivity contribution is 5.94. The highest BCUT2D eigenvalue weighted by Crippen LogP contribution is 2.24. The maximum absolute atomic E-state index is 10.7. The van der Waals surface area contributed by atoms with E-state index in [4.69, 9.17) is 4.98 Å². The number of amides is 1. The molecule has 2 N–H and O–H groups in total. The lowest BCUT2D eigenvalue weighted by Crippen LogP contribution is -2.31. The Morgan fingerprint density at radius 3 is 3.05 bits per heavy atom. The summed E-state index contributed by atoms with van der Waals surface area (Å²) in [5.74, 6) is 0.897. The summed E-state index contributed by atoms with van der Waals surface area (Å²) in [6, 6.07) is 5.78. The number of carbonyl (C=O) groups is 1. The summed E-state index contributed by atoms with van der Waals surface area (Å²) >= 11 is 0. The maximum Gasteiger partial charge on any atom is 0.211 e. The van der Waals surface area contributed by atoms with Crippen LogP contribution in [-0.4, -0.2) is 54.0 Å². The van der Waals surface area contributed by atoms with Crippen LogP contribution in [0.3, 0.4) is 0 Å². The first kappa shape index (κ1) is 14.8. The lowest BCUT2D eigenvalue weighted by atomic mass is 10.3. The number of para-hydroxylation sites is 1. The topological polar surface area (TPSA) is 64.3 Å². The Bertz CT molecular complexity index is 638. The standard InChI is InChI=1S/C16H23N5O/c1-2-7-20-8-4-9-21(11-10-20)16-18-14-6-3-5-13(17-12-22)15(14)19-16/h3,5-6,12H,2,4,7-11H2,1H3,(H,17,22)(H,18,19). The Kier molecular flexibility index (Phi) is 4.58. The SMILES string of the molecule is CCCN1CCCN(c2nc3c(NC=O)cccc3[nH]2)CC1. The van der Waals surface area contributed by atoms with Crippen LogP contribution in [0.4, 0.5) is 11.6 Å². The first-order valence-electron chi connectivity index (χ1n) is 7.98. The van der Waals surface area contributed by atoms with Gasteiger partial charge >= 0.3 is 0 Å². The number of imidazole rings is 1. The van der Waals surface area contributed by atoms with Gasteiger partial charge in [-0.05, 0) is 38.1 Å². The zero-order chi connectivity index (χ0) is 15.4. The van der Waals surface area contributed by atoms with Crippen LogP contribution in [0.25, 0.3) is 11.0 Å². The zero-order valence-corrected chi connectivity index (χ0v) is 13.0. The van der Waals surface area contributed by atoms with Gasteiger partial charge in [0, 0.05) is 19.6 Å². The van der Waals surface area contributed by atoms with Gasteiger partial charge in [0.05, 0.1) is 11.2 Å². The highest BCUT2D eigenvalue weighted by Gasteiger charge is 2.17. The summed E-state index contributed by atoms with van der Waals surface area (Å²) in [5, 5.41) is 2.71. The van der Waals surface area contributed by atoms with Gasteiger partial charge in [0.25, 0.3) is 0 Å². The van der Waals surface area contributed by atoms with Gasteiger partial charge in [0.2, 0.25) is 12.4 Å². The van der Waals surface area contributed by atoms with Crippen LogP contribution < -0.4 is 10.2 Å². The molecule has 1 amide bonds. The van der Waals surface area contributed by atoms with Crippen LogP contribution in [-0.2, 0) is 4.79 Å². The second kappa shape index (κ2) is 6.79. The third kappa shape index (κ3) is 3.06. The normalized spacial score (nSPS) is 16.7. The van der Waals surface area contributed by atoms with Gasteiger partial charge in [-0.25, -0.2) is 4.98 Å². The van der Waals surface area contributed by atoms with E-state index in [-0.39, 0.29) is 0 Å². The second-order valence-corrected chi connectivity index (χ2v) is 5.71. The molecule has 118 valence electrons. The van der Waals surface area contributed by atoms with Gasteiger partial charge in [-0.3, -0.25) is 4.79 Å². The minimum Gasteiger partial charge on any atom is -0.341 e. The number of aromatic nitrogens is 2. The summed E-state index contributed by atoms with van der Waals surface area (Å²) < 4.78 is 0. The van der Waals surface area contributed by atoms with E-state index >= 15 is 0 Å². The number of anilines is 2. The van der Waals surface area contributed by atoms with Crippen molar-refractivity contribution >= 4 is 29.1 Å². The van der Waals surface area contributed by atoms with Crippen LogP contribution in [0, 0.1) is 0 Å². The molecule has 0 aliphatic carbocycles. The quantitative estimate of drug-likeness (QED) is 0.830. The number of rotatable bonds is 5. The van der Waals surface area contributed by atoms with Gasteiger partial charge in [-0.15, -0.1) is 0 Å². The fourth-order valence-electron chi connectivity index (χ4n) is 3.07. The number of nitrogens with one attached hydrogen (secondary N) is 2. The lowest BCUT2D eigenvalue weighted by molar-refractivity contribution is -0.105. The maximum atomic E-state index is 10.7. The average molecular weight is 301 g/mol. The van der Waals surface area contributed by atoms with E-state index in [9.17, 15) is 4.79 Å². The Labute approximate surface area is 130 Å². The predicted molar refractivity (Wildman–Crippen MR) is 89.3 cm³/mol. The van der Waals surface area contributed by atoms with Crippen LogP contribution in [0.5, 0.6) is 0 Å². The number of hydrogen-bond donors (Lipinski definition) is 2. The van der Waals surface area contributed by atoms with Gasteiger partial charge in [0.15, 0.2) is 0 Å². The number of hydrogen-bond acceptors (Lipinski definition) is 4. The van der Waals surface area contributed by atoms with E-state index in [2.05, 4.69) is 27.0 Å². The molecule has 0 atom stereocenters. The molecule has 1 saturated heterocycles. The second-order valence-electron chi connectivity index (χ2n) is 5.71. The molecular formula is C16H23N5O. The molecule has 0 spiro atoms. The van der Waals surface area contributed by atoms with Gasteiger partial charge in [-0.2, -0.15) is 0 Å². The fraction of sp³-hybridized carbons (Fsp3) is 0.500. The molecule has 0 radical (unpaired) electrons. The Balaban J connectivity index is 1.81. The van der Waals surface area contributed by atoms with Crippen molar-refractivity contribution < 1.29 is 4.79 Å². The fourth-order valence-corrected chi connectivity index (χ4v) is 3.07. The number of carbonyl (C=O) groups excluding carboxylic acids is 1. The summed E-state index contributed by atoms with van der Waals surface area (Å²) in [6.45, 7) is 7.62. The largest absolute Gasteiger partial charge is 0.341 e. The van der Waals surface area contributed by atoms with Crippen LogP contribution in [0.1, 0.15) is 19.8 Å². The average Bonchev–Trinajstić information content (AvgIpc) is 2.82. The van der Waals surface area contributed by atoms with E-state index in [1.54, 1.807) is 0 Å². The molecule has 1 fully saturated rings. The molecular weight excluding hydrogens is 278 g/mol. The van der Waals surface area contributed by atoms with Gasteiger partial charge < -0.3 is 20.1 Å². The molecule has 1 aliphatic heterocycles.